The highest BCUT2D eigenvalue weighted by atomic mass is 32.2. The van der Waals surface area contributed by atoms with Crippen LogP contribution in [0.3, 0.4) is 0 Å². The molecule has 4 saturated heterocycles. The fourth-order valence-corrected chi connectivity index (χ4v) is 11.3. The Kier molecular flexibility index (Phi) is 10.4. The van der Waals surface area contributed by atoms with Gasteiger partial charge in [-0.15, -0.1) is 0 Å². The van der Waals surface area contributed by atoms with E-state index in [2.05, 4.69) is 27.8 Å². The Balaban J connectivity index is 1.00. The normalized spacial score (nSPS) is 25.4. The minimum absolute atomic E-state index is 0.0733. The third kappa shape index (κ3) is 7.08. The van der Waals surface area contributed by atoms with E-state index in [0.717, 1.165) is 82.5 Å². The van der Waals surface area contributed by atoms with Crippen LogP contribution in [-0.2, 0) is 24.8 Å². The van der Waals surface area contributed by atoms with Crippen molar-refractivity contribution in [2.75, 3.05) is 77.5 Å². The van der Waals surface area contributed by atoms with Crippen LogP contribution < -0.4 is 10.2 Å². The first-order valence-corrected chi connectivity index (χ1v) is 20.2. The molecule has 282 valence electrons. The van der Waals surface area contributed by atoms with Gasteiger partial charge < -0.3 is 24.8 Å². The molecular formula is C39H51F2N5O5S. The number of methoxy groups -OCH3 is 1. The van der Waals surface area contributed by atoms with Gasteiger partial charge in [-0.2, -0.15) is 0 Å². The smallest absolute Gasteiger partial charge is 0.407 e. The molecule has 2 aromatic carbocycles. The third-order valence-corrected chi connectivity index (χ3v) is 14.6. The standard InChI is InChI=1S/C39H51F2N5O5S/c1-3-36(47)45-22-33(23-45)52(49,50)32-13-11-31(12-14-32)46-25-38(41,26-46)24-44-19-15-28(16-20-44)39(27-43-17-6-18-43,29-7-4-8-30(40)21-29)34-9-5-10-35(34)42-37(48)51-2/h3-4,7-8,11-14,21,28,33-35H,1,5-6,9-10,15-20,22-27H2,2H3,(H,42,48)/t34-,35-,39-/m0/s1. The number of anilines is 1. The number of alkyl carbamates (subject to hydrolysis) is 1. The number of carbonyl (C=O) groups is 2. The van der Waals surface area contributed by atoms with Crippen molar-refractivity contribution < 1.29 is 31.5 Å². The summed E-state index contributed by atoms with van der Waals surface area (Å²) in [6, 6.07) is 13.6. The quantitative estimate of drug-likeness (QED) is 0.320. The van der Waals surface area contributed by atoms with E-state index in [4.69, 9.17) is 4.74 Å². The molecule has 1 aliphatic carbocycles. The van der Waals surface area contributed by atoms with Crippen LogP contribution in [0, 0.1) is 17.7 Å². The van der Waals surface area contributed by atoms with Gasteiger partial charge in [0.1, 0.15) is 11.1 Å². The zero-order valence-electron chi connectivity index (χ0n) is 30.0. The summed E-state index contributed by atoms with van der Waals surface area (Å²) in [4.78, 5) is 32.5. The number of halogens is 2. The number of rotatable bonds is 12. The Hall–Kier alpha value is -3.55. The number of sulfone groups is 1. The molecule has 5 aliphatic rings. The van der Waals surface area contributed by atoms with Crippen LogP contribution in [-0.4, -0.2) is 125 Å². The molecule has 52 heavy (non-hydrogen) atoms. The maximum atomic E-state index is 16.2. The molecule has 7 rings (SSSR count). The molecule has 4 heterocycles. The lowest BCUT2D eigenvalue weighted by Gasteiger charge is -2.54. The van der Waals surface area contributed by atoms with Crippen LogP contribution in [0.2, 0.25) is 0 Å². The zero-order valence-corrected chi connectivity index (χ0v) is 30.8. The molecule has 0 bridgehead atoms. The number of alkyl halides is 1. The Morgan fingerprint density at radius 3 is 2.33 bits per heavy atom. The Labute approximate surface area is 306 Å². The van der Waals surface area contributed by atoms with Gasteiger partial charge in [-0.25, -0.2) is 22.0 Å². The van der Waals surface area contributed by atoms with Crippen molar-refractivity contribution in [3.63, 3.8) is 0 Å². The van der Waals surface area contributed by atoms with Crippen molar-refractivity contribution in [2.24, 2.45) is 11.8 Å². The zero-order chi connectivity index (χ0) is 36.7. The molecule has 4 aliphatic heterocycles. The molecule has 0 spiro atoms. The lowest BCUT2D eigenvalue weighted by Crippen LogP contribution is -2.65. The molecule has 1 saturated carbocycles. The van der Waals surface area contributed by atoms with Gasteiger partial charge in [0.2, 0.25) is 5.91 Å². The number of hydrogen-bond acceptors (Lipinski definition) is 8. The van der Waals surface area contributed by atoms with Crippen LogP contribution in [0.1, 0.15) is 44.1 Å². The number of nitrogens with one attached hydrogen (secondary N) is 1. The Morgan fingerprint density at radius 1 is 1.00 bits per heavy atom. The first-order chi connectivity index (χ1) is 24.9. The number of piperidine rings is 1. The SMILES string of the molecule is C=CC(=O)N1CC(S(=O)(=O)c2ccc(N3CC(F)(CN4CCC([C@@](CN5CCC5)(c5cccc(F)c5)[C@H]5CCC[C@@H]5NC(=O)OC)CC4)C3)cc2)C1. The molecule has 1 N–H and O–H groups in total. The number of benzene rings is 2. The largest absolute Gasteiger partial charge is 0.453 e. The number of carbonyl (C=O) groups excluding carboxylic acids is 2. The van der Waals surface area contributed by atoms with Gasteiger partial charge in [0, 0.05) is 43.3 Å². The highest BCUT2D eigenvalue weighted by molar-refractivity contribution is 7.92. The number of nitrogens with zero attached hydrogens (tertiary/aromatic N) is 4. The Bertz CT molecular complexity index is 1740. The fraction of sp³-hybridized carbons (Fsp3) is 0.590. The average molecular weight is 740 g/mol. The van der Waals surface area contributed by atoms with Crippen LogP contribution in [0.15, 0.2) is 66.1 Å². The van der Waals surface area contributed by atoms with Crippen LogP contribution in [0.5, 0.6) is 0 Å². The number of hydrogen-bond donors (Lipinski definition) is 1. The van der Waals surface area contributed by atoms with E-state index in [1.165, 1.54) is 24.2 Å². The summed E-state index contributed by atoms with van der Waals surface area (Å²) in [7, 11) is -2.19. The summed E-state index contributed by atoms with van der Waals surface area (Å²) in [5.74, 6) is -0.186. The highest BCUT2D eigenvalue weighted by Gasteiger charge is 2.54. The maximum Gasteiger partial charge on any atom is 0.407 e. The summed E-state index contributed by atoms with van der Waals surface area (Å²) in [6.07, 6.45) is 6.36. The van der Waals surface area contributed by atoms with Gasteiger partial charge >= 0.3 is 6.09 Å². The lowest BCUT2D eigenvalue weighted by molar-refractivity contribution is -0.129. The second kappa shape index (κ2) is 14.7. The van der Waals surface area contributed by atoms with Crippen LogP contribution in [0.25, 0.3) is 0 Å². The monoisotopic (exact) mass is 739 g/mol. The predicted molar refractivity (Wildman–Crippen MR) is 195 cm³/mol. The van der Waals surface area contributed by atoms with Gasteiger partial charge in [-0.1, -0.05) is 25.1 Å². The van der Waals surface area contributed by atoms with Crippen LogP contribution in [0.4, 0.5) is 19.3 Å². The predicted octanol–water partition coefficient (Wildman–Crippen LogP) is 4.40. The van der Waals surface area contributed by atoms with Crippen molar-refractivity contribution in [3.05, 3.63) is 72.6 Å². The van der Waals surface area contributed by atoms with Gasteiger partial charge in [0.25, 0.3) is 0 Å². The average Bonchev–Trinajstić information content (AvgIpc) is 3.54. The maximum absolute atomic E-state index is 16.2. The second-order valence-electron chi connectivity index (χ2n) is 15.6. The van der Waals surface area contributed by atoms with Crippen molar-refractivity contribution in [3.8, 4) is 0 Å². The number of amides is 2. The molecule has 0 aromatic heterocycles. The summed E-state index contributed by atoms with van der Waals surface area (Å²) >= 11 is 0. The van der Waals surface area contributed by atoms with E-state index < -0.39 is 26.8 Å². The van der Waals surface area contributed by atoms with E-state index in [1.54, 1.807) is 36.4 Å². The molecule has 10 nitrogen and oxygen atoms in total. The summed E-state index contributed by atoms with van der Waals surface area (Å²) in [6.45, 7) is 8.83. The molecule has 0 radical (unpaired) electrons. The van der Waals surface area contributed by atoms with Gasteiger partial charge in [0.15, 0.2) is 15.5 Å². The number of ether oxygens (including phenoxy) is 1. The van der Waals surface area contributed by atoms with Gasteiger partial charge in [-0.3, -0.25) is 9.69 Å². The van der Waals surface area contributed by atoms with E-state index in [9.17, 15) is 22.4 Å². The highest BCUT2D eigenvalue weighted by Crippen LogP contribution is 2.51. The van der Waals surface area contributed by atoms with Crippen molar-refractivity contribution >= 4 is 27.5 Å². The molecule has 2 aromatic rings. The van der Waals surface area contributed by atoms with Gasteiger partial charge in [0.05, 0.1) is 25.1 Å². The lowest BCUT2D eigenvalue weighted by atomic mass is 9.57. The van der Waals surface area contributed by atoms with Crippen molar-refractivity contribution in [1.29, 1.82) is 0 Å². The molecule has 3 atom stereocenters. The number of likely N-dealkylation sites (tertiary alicyclic amines) is 3. The molecule has 2 amide bonds. The van der Waals surface area contributed by atoms with Gasteiger partial charge in [-0.05, 0) is 118 Å². The molecule has 5 fully saturated rings. The second-order valence-corrected chi connectivity index (χ2v) is 17.9. The summed E-state index contributed by atoms with van der Waals surface area (Å²) in [5.41, 5.74) is 0.0102. The van der Waals surface area contributed by atoms with Crippen molar-refractivity contribution in [2.45, 2.75) is 65.8 Å². The topological polar surface area (TPSA) is 103 Å². The van der Waals surface area contributed by atoms with Crippen molar-refractivity contribution in [1.82, 2.24) is 20.0 Å². The first kappa shape index (κ1) is 36.8. The minimum Gasteiger partial charge on any atom is -0.453 e. The van der Waals surface area contributed by atoms with E-state index in [0.29, 0.717) is 6.54 Å². The van der Waals surface area contributed by atoms with E-state index in [1.807, 2.05) is 4.90 Å². The van der Waals surface area contributed by atoms with Crippen LogP contribution >= 0.6 is 0 Å². The molecule has 0 unspecified atom stereocenters. The first-order valence-electron chi connectivity index (χ1n) is 18.7. The minimum atomic E-state index is -3.58. The third-order valence-electron chi connectivity index (χ3n) is 12.5. The fourth-order valence-electron chi connectivity index (χ4n) is 9.65. The summed E-state index contributed by atoms with van der Waals surface area (Å²) in [5, 5.41) is 2.49. The molecular weight excluding hydrogens is 689 g/mol. The molecule has 13 heteroatoms. The Morgan fingerprint density at radius 2 is 1.71 bits per heavy atom. The summed E-state index contributed by atoms with van der Waals surface area (Å²) < 4.78 is 62.3. The van der Waals surface area contributed by atoms with E-state index >= 15 is 4.39 Å². The van der Waals surface area contributed by atoms with E-state index in [-0.39, 0.29) is 66.1 Å².